The molecular formula is C20H17N5O3. The van der Waals surface area contributed by atoms with Gasteiger partial charge in [-0.2, -0.15) is 10.4 Å². The molecule has 8 nitrogen and oxygen atoms in total. The van der Waals surface area contributed by atoms with Gasteiger partial charge >= 0.3 is 6.03 Å². The summed E-state index contributed by atoms with van der Waals surface area (Å²) < 4.78 is 6.94. The summed E-state index contributed by atoms with van der Waals surface area (Å²) in [6.45, 7) is 3.23. The van der Waals surface area contributed by atoms with Crippen molar-refractivity contribution in [2.75, 3.05) is 0 Å². The number of carbonyl (C=O) groups excluding carboxylic acids is 2. The number of nitrogens with one attached hydrogen (secondary N) is 1. The van der Waals surface area contributed by atoms with Crippen molar-refractivity contribution in [1.82, 2.24) is 20.0 Å². The van der Waals surface area contributed by atoms with Gasteiger partial charge in [-0.05, 0) is 38.1 Å². The number of aryl methyl sites for hydroxylation is 1. The number of hydrogen-bond donors (Lipinski definition) is 1. The third kappa shape index (κ3) is 2.56. The second kappa shape index (κ2) is 6.39. The van der Waals surface area contributed by atoms with Crippen LogP contribution in [0, 0.1) is 18.3 Å². The molecule has 0 radical (unpaired) electrons. The van der Waals surface area contributed by atoms with Crippen LogP contribution in [-0.2, 0) is 16.9 Å². The van der Waals surface area contributed by atoms with Crippen molar-refractivity contribution < 1.29 is 14.0 Å². The zero-order valence-electron chi connectivity index (χ0n) is 15.3. The lowest BCUT2D eigenvalue weighted by atomic mass is 9.99. The maximum atomic E-state index is 13.1. The lowest BCUT2D eigenvalue weighted by molar-refractivity contribution is -0.132. The van der Waals surface area contributed by atoms with Crippen molar-refractivity contribution in [2.24, 2.45) is 0 Å². The van der Waals surface area contributed by atoms with Crippen LogP contribution in [0.5, 0.6) is 0 Å². The molecule has 28 heavy (non-hydrogen) atoms. The Balaban J connectivity index is 1.75. The summed E-state index contributed by atoms with van der Waals surface area (Å²) in [5, 5.41) is 16.7. The summed E-state index contributed by atoms with van der Waals surface area (Å²) in [6, 6.07) is 14.1. The maximum absolute atomic E-state index is 13.1. The van der Waals surface area contributed by atoms with Gasteiger partial charge in [0.1, 0.15) is 11.8 Å². The lowest BCUT2D eigenvalue weighted by Gasteiger charge is -2.19. The molecule has 0 bridgehead atoms. The fourth-order valence-corrected chi connectivity index (χ4v) is 3.37. The second-order valence-electron chi connectivity index (χ2n) is 6.69. The fraction of sp³-hybridized carbons (Fsp3) is 0.200. The van der Waals surface area contributed by atoms with Gasteiger partial charge in [-0.1, -0.05) is 18.2 Å². The van der Waals surface area contributed by atoms with Gasteiger partial charge in [-0.15, -0.1) is 0 Å². The van der Waals surface area contributed by atoms with Crippen LogP contribution in [0.3, 0.4) is 0 Å². The highest BCUT2D eigenvalue weighted by Crippen LogP contribution is 2.31. The zero-order chi connectivity index (χ0) is 19.9. The predicted molar refractivity (Wildman–Crippen MR) is 98.2 cm³/mol. The van der Waals surface area contributed by atoms with E-state index in [1.54, 1.807) is 30.7 Å². The van der Waals surface area contributed by atoms with Crippen LogP contribution in [-0.4, -0.2) is 26.6 Å². The zero-order valence-corrected chi connectivity index (χ0v) is 15.3. The van der Waals surface area contributed by atoms with Crippen LogP contribution in [0.15, 0.2) is 53.1 Å². The van der Waals surface area contributed by atoms with E-state index in [0.29, 0.717) is 22.7 Å². The molecule has 1 fully saturated rings. The molecule has 1 aliphatic rings. The second-order valence-corrected chi connectivity index (χ2v) is 6.69. The van der Waals surface area contributed by atoms with E-state index in [4.69, 9.17) is 4.42 Å². The summed E-state index contributed by atoms with van der Waals surface area (Å²) in [6.07, 6.45) is 1.45. The van der Waals surface area contributed by atoms with Crippen LogP contribution in [0.2, 0.25) is 0 Å². The molecule has 3 amide bonds. The molecular weight excluding hydrogens is 358 g/mol. The molecule has 3 heterocycles. The van der Waals surface area contributed by atoms with Gasteiger partial charge in [0.2, 0.25) is 0 Å². The first-order chi connectivity index (χ1) is 13.5. The fourth-order valence-electron chi connectivity index (χ4n) is 3.37. The van der Waals surface area contributed by atoms with Crippen molar-refractivity contribution in [2.45, 2.75) is 25.9 Å². The van der Waals surface area contributed by atoms with Gasteiger partial charge in [0, 0.05) is 0 Å². The van der Waals surface area contributed by atoms with Crippen LogP contribution in [0.1, 0.15) is 29.6 Å². The van der Waals surface area contributed by atoms with Crippen molar-refractivity contribution in [3.05, 3.63) is 71.4 Å². The molecule has 1 atom stereocenters. The molecule has 8 heteroatoms. The van der Waals surface area contributed by atoms with Crippen molar-refractivity contribution in [3.8, 4) is 11.8 Å². The quantitative estimate of drug-likeness (QED) is 0.706. The third-order valence-corrected chi connectivity index (χ3v) is 4.87. The largest absolute Gasteiger partial charge is 0.466 e. The summed E-state index contributed by atoms with van der Waals surface area (Å²) in [7, 11) is 0. The Morgan fingerprint density at radius 3 is 2.61 bits per heavy atom. The molecule has 0 spiro atoms. The number of para-hydroxylation sites is 1. The SMILES string of the molecule is Cc1nn(-c2ccccc2)c(CN2C(=O)N[C@](C)(c3ccco3)C2=O)c1C#N. The van der Waals surface area contributed by atoms with E-state index in [9.17, 15) is 14.9 Å². The monoisotopic (exact) mass is 375 g/mol. The minimum absolute atomic E-state index is 0.0837. The molecule has 0 unspecified atom stereocenters. The van der Waals surface area contributed by atoms with E-state index < -0.39 is 17.5 Å². The maximum Gasteiger partial charge on any atom is 0.325 e. The van der Waals surface area contributed by atoms with Crippen molar-refractivity contribution in [1.29, 1.82) is 5.26 Å². The number of urea groups is 1. The van der Waals surface area contributed by atoms with Crippen LogP contribution in [0.4, 0.5) is 4.79 Å². The molecule has 140 valence electrons. The van der Waals surface area contributed by atoms with E-state index in [1.807, 2.05) is 30.3 Å². The molecule has 0 aliphatic carbocycles. The Morgan fingerprint density at radius 2 is 1.96 bits per heavy atom. The van der Waals surface area contributed by atoms with Gasteiger partial charge in [-0.3, -0.25) is 9.69 Å². The number of rotatable bonds is 4. The number of imide groups is 1. The molecule has 3 aromatic rings. The van der Waals surface area contributed by atoms with Gasteiger partial charge in [-0.25, -0.2) is 9.48 Å². The molecule has 4 rings (SSSR count). The molecule has 1 aromatic carbocycles. The Morgan fingerprint density at radius 1 is 1.21 bits per heavy atom. The smallest absolute Gasteiger partial charge is 0.325 e. The Kier molecular flexibility index (Phi) is 4.00. The number of carbonyl (C=O) groups is 2. The van der Waals surface area contributed by atoms with Crippen molar-refractivity contribution >= 4 is 11.9 Å². The van der Waals surface area contributed by atoms with E-state index in [0.717, 1.165) is 10.6 Å². The van der Waals surface area contributed by atoms with E-state index in [-0.39, 0.29) is 6.54 Å². The number of hydrogen-bond acceptors (Lipinski definition) is 5. The minimum atomic E-state index is -1.29. The predicted octanol–water partition coefficient (Wildman–Crippen LogP) is 2.61. The Hall–Kier alpha value is -3.86. The molecule has 1 N–H and O–H groups in total. The first kappa shape index (κ1) is 17.5. The Bertz CT molecular complexity index is 1100. The highest BCUT2D eigenvalue weighted by molar-refractivity contribution is 6.06. The molecule has 1 aliphatic heterocycles. The van der Waals surface area contributed by atoms with E-state index in [2.05, 4.69) is 16.5 Å². The number of aromatic nitrogens is 2. The average Bonchev–Trinajstić information content (AvgIpc) is 3.38. The number of benzene rings is 1. The molecule has 0 saturated carbocycles. The number of nitrogens with zero attached hydrogens (tertiary/aromatic N) is 4. The minimum Gasteiger partial charge on any atom is -0.466 e. The van der Waals surface area contributed by atoms with Gasteiger partial charge in [0.15, 0.2) is 5.54 Å². The number of amides is 3. The van der Waals surface area contributed by atoms with Crippen LogP contribution < -0.4 is 5.32 Å². The van der Waals surface area contributed by atoms with Crippen molar-refractivity contribution in [3.63, 3.8) is 0 Å². The van der Waals surface area contributed by atoms with Gasteiger partial charge in [0.25, 0.3) is 5.91 Å². The third-order valence-electron chi connectivity index (χ3n) is 4.87. The number of furan rings is 1. The van der Waals surface area contributed by atoms with Crippen LogP contribution in [0.25, 0.3) is 5.69 Å². The average molecular weight is 375 g/mol. The normalized spacial score (nSPS) is 19.0. The lowest BCUT2D eigenvalue weighted by Crippen LogP contribution is -2.40. The van der Waals surface area contributed by atoms with Gasteiger partial charge in [0.05, 0.1) is 35.4 Å². The van der Waals surface area contributed by atoms with Gasteiger partial charge < -0.3 is 9.73 Å². The van der Waals surface area contributed by atoms with E-state index >= 15 is 0 Å². The number of nitriles is 1. The molecule has 2 aromatic heterocycles. The van der Waals surface area contributed by atoms with E-state index in [1.165, 1.54) is 6.26 Å². The first-order valence-electron chi connectivity index (χ1n) is 8.68. The summed E-state index contributed by atoms with van der Waals surface area (Å²) >= 11 is 0. The highest BCUT2D eigenvalue weighted by atomic mass is 16.3. The first-order valence-corrected chi connectivity index (χ1v) is 8.68. The standard InChI is InChI=1S/C20H17N5O3/c1-13-15(11-21)16(25(23-13)14-7-4-3-5-8-14)12-24-18(26)20(2,22-19(24)27)17-9-6-10-28-17/h3-10H,12H2,1-2H3,(H,22,27)/t20-/m1/s1. The highest BCUT2D eigenvalue weighted by Gasteiger charge is 2.51. The molecule has 1 saturated heterocycles. The summed E-state index contributed by atoms with van der Waals surface area (Å²) in [4.78, 5) is 26.7. The summed E-state index contributed by atoms with van der Waals surface area (Å²) in [5.41, 5.74) is 0.791. The summed E-state index contributed by atoms with van der Waals surface area (Å²) in [5.74, 6) is -0.101. The topological polar surface area (TPSA) is 104 Å². The van der Waals surface area contributed by atoms with Crippen LogP contribution >= 0.6 is 0 Å². The Labute approximate surface area is 161 Å².